The molecule has 9 aromatic rings. The Morgan fingerprint density at radius 1 is 0.600 bits per heavy atom. The molecule has 4 heteroatoms. The van der Waals surface area contributed by atoms with Gasteiger partial charge in [0.15, 0.2) is 0 Å². The van der Waals surface area contributed by atoms with Crippen molar-refractivity contribution in [2.75, 3.05) is 0 Å². The molecule has 7 aromatic carbocycles. The maximum absolute atomic E-state index is 9.53. The maximum Gasteiger partial charge on any atom is 0.149 e. The summed E-state index contributed by atoms with van der Waals surface area (Å²) >= 11 is 0. The quantitative estimate of drug-likeness (QED) is 0.187. The monoisotopic (exact) mass is 645 g/mol. The molecule has 0 N–H and O–H groups in total. The van der Waals surface area contributed by atoms with Crippen molar-refractivity contribution in [3.63, 3.8) is 0 Å². The van der Waals surface area contributed by atoms with Crippen LogP contribution in [0.1, 0.15) is 56.2 Å². The lowest BCUT2D eigenvalue weighted by Crippen LogP contribution is -2.09. The van der Waals surface area contributed by atoms with E-state index < -0.39 is 0 Å². The molecule has 4 nitrogen and oxygen atoms in total. The highest BCUT2D eigenvalue weighted by atomic mass is 16.3. The minimum atomic E-state index is 0.248. The fraction of sp³-hybridized carbons (Fsp3) is 0.130. The van der Waals surface area contributed by atoms with Crippen LogP contribution >= 0.6 is 0 Å². The number of hydrogen-bond acceptors (Lipinski definition) is 3. The molecule has 0 fully saturated rings. The van der Waals surface area contributed by atoms with E-state index in [1.165, 1.54) is 33.3 Å². The Hall–Kier alpha value is -6.18. The Balaban J connectivity index is 1.42. The second-order valence-electron chi connectivity index (χ2n) is 13.9. The van der Waals surface area contributed by atoms with Gasteiger partial charge in [0.2, 0.25) is 0 Å². The van der Waals surface area contributed by atoms with Crippen LogP contribution < -0.4 is 0 Å². The van der Waals surface area contributed by atoms with Gasteiger partial charge in [0.1, 0.15) is 17.0 Å². The highest BCUT2D eigenvalue weighted by Gasteiger charge is 2.26. The Bertz CT molecular complexity index is 2800. The molecule has 9 rings (SSSR count). The lowest BCUT2D eigenvalue weighted by molar-refractivity contribution is 0.673. The van der Waals surface area contributed by atoms with Gasteiger partial charge in [0.05, 0.1) is 33.9 Å². The summed E-state index contributed by atoms with van der Waals surface area (Å²) < 4.78 is 9.32. The van der Waals surface area contributed by atoms with E-state index in [4.69, 9.17) is 9.40 Å². The zero-order valence-corrected chi connectivity index (χ0v) is 28.5. The summed E-state index contributed by atoms with van der Waals surface area (Å²) in [7, 11) is 0. The van der Waals surface area contributed by atoms with Crippen LogP contribution in [-0.2, 0) is 0 Å². The average molecular weight is 646 g/mol. The van der Waals surface area contributed by atoms with Gasteiger partial charge < -0.3 is 4.42 Å². The lowest BCUT2D eigenvalue weighted by atomic mass is 9.88. The predicted octanol–water partition coefficient (Wildman–Crippen LogP) is 12.7. The van der Waals surface area contributed by atoms with Gasteiger partial charge in [0.25, 0.3) is 0 Å². The van der Waals surface area contributed by atoms with E-state index in [-0.39, 0.29) is 11.8 Å². The number of nitrogens with zero attached hydrogens (tertiary/aromatic N) is 3. The van der Waals surface area contributed by atoms with E-state index in [0.29, 0.717) is 5.56 Å². The Kier molecular flexibility index (Phi) is 6.86. The van der Waals surface area contributed by atoms with Crippen LogP contribution in [0.3, 0.4) is 0 Å². The molecular formula is C46H35N3O. The van der Waals surface area contributed by atoms with Crippen molar-refractivity contribution in [3.8, 4) is 34.3 Å². The molecule has 0 saturated carbocycles. The second-order valence-corrected chi connectivity index (χ2v) is 13.9. The number of rotatable bonds is 5. The van der Waals surface area contributed by atoms with Crippen molar-refractivity contribution in [3.05, 3.63) is 144 Å². The second kappa shape index (κ2) is 11.5. The van der Waals surface area contributed by atoms with Gasteiger partial charge in [-0.05, 0) is 93.4 Å². The SMILES string of the molecule is CC(C)c1cc(-c2ccccc2)cc(C(C)C)c1-n1c(-c2cccc3c2oc2c4ccc(C#N)cc4ccc32)nc2ccc3ccccc3c21. The maximum atomic E-state index is 9.53. The molecule has 0 unspecified atom stereocenters. The van der Waals surface area contributed by atoms with Gasteiger partial charge in [-0.25, -0.2) is 4.98 Å². The van der Waals surface area contributed by atoms with E-state index in [9.17, 15) is 5.26 Å². The van der Waals surface area contributed by atoms with Crippen molar-refractivity contribution in [2.45, 2.75) is 39.5 Å². The highest BCUT2D eigenvalue weighted by molar-refractivity contribution is 6.17. The first-order valence-corrected chi connectivity index (χ1v) is 17.3. The van der Waals surface area contributed by atoms with Crippen LogP contribution in [0.25, 0.3) is 82.7 Å². The number of nitriles is 1. The van der Waals surface area contributed by atoms with Crippen LogP contribution in [0.15, 0.2) is 132 Å². The molecule has 0 bridgehead atoms. The molecule has 0 aliphatic carbocycles. The third-order valence-corrected chi connectivity index (χ3v) is 10.1. The number of hydrogen-bond donors (Lipinski definition) is 0. The van der Waals surface area contributed by atoms with Gasteiger partial charge in [-0.3, -0.25) is 4.57 Å². The predicted molar refractivity (Wildman–Crippen MR) is 207 cm³/mol. The van der Waals surface area contributed by atoms with Crippen molar-refractivity contribution in [2.24, 2.45) is 0 Å². The number of fused-ring (bicyclic) bond motifs is 8. The number of imidazole rings is 1. The summed E-state index contributed by atoms with van der Waals surface area (Å²) in [5.41, 5.74) is 11.4. The molecule has 0 aliphatic rings. The molecule has 2 aromatic heterocycles. The molecule has 2 heterocycles. The first-order valence-electron chi connectivity index (χ1n) is 17.3. The fourth-order valence-electron chi connectivity index (χ4n) is 7.68. The third kappa shape index (κ3) is 4.55. The largest absolute Gasteiger partial charge is 0.455 e. The van der Waals surface area contributed by atoms with E-state index in [2.05, 4.69) is 148 Å². The van der Waals surface area contributed by atoms with E-state index >= 15 is 0 Å². The van der Waals surface area contributed by atoms with E-state index in [1.54, 1.807) is 0 Å². The van der Waals surface area contributed by atoms with Crippen LogP contribution in [0.2, 0.25) is 0 Å². The number of benzene rings is 7. The molecule has 0 spiro atoms. The molecule has 0 saturated heterocycles. The van der Waals surface area contributed by atoms with Gasteiger partial charge in [-0.15, -0.1) is 0 Å². The summed E-state index contributed by atoms with van der Waals surface area (Å²) in [4.78, 5) is 5.46. The lowest BCUT2D eigenvalue weighted by Gasteiger charge is -2.24. The highest BCUT2D eigenvalue weighted by Crippen LogP contribution is 2.44. The molecule has 50 heavy (non-hydrogen) atoms. The van der Waals surface area contributed by atoms with Gasteiger partial charge in [-0.1, -0.05) is 107 Å². The standard InChI is InChI=1S/C46H35N3O/c1-27(2)39-24-33(30-11-6-5-7-12-30)25-40(28(3)4)42(39)49-43-34-14-9-8-13-31(34)19-22-41(43)48-46(49)38-16-10-15-36-37-21-18-32-23-29(26-47)17-20-35(32)44(37)50-45(36)38/h5-25,27-28H,1-4H3. The van der Waals surface area contributed by atoms with Crippen LogP contribution in [-0.4, -0.2) is 9.55 Å². The Morgan fingerprint density at radius 3 is 2.04 bits per heavy atom. The van der Waals surface area contributed by atoms with Crippen molar-refractivity contribution < 1.29 is 4.42 Å². The van der Waals surface area contributed by atoms with E-state index in [1.807, 2.05) is 18.2 Å². The Labute approximate surface area is 290 Å². The number of furan rings is 1. The molecule has 0 atom stereocenters. The van der Waals surface area contributed by atoms with E-state index in [0.717, 1.165) is 60.5 Å². The van der Waals surface area contributed by atoms with Gasteiger partial charge in [-0.2, -0.15) is 5.26 Å². The van der Waals surface area contributed by atoms with Crippen molar-refractivity contribution in [1.82, 2.24) is 9.55 Å². The van der Waals surface area contributed by atoms with Crippen molar-refractivity contribution in [1.29, 1.82) is 5.26 Å². The van der Waals surface area contributed by atoms with Crippen LogP contribution in [0, 0.1) is 11.3 Å². The summed E-state index contributed by atoms with van der Waals surface area (Å²) in [5, 5.41) is 15.9. The average Bonchev–Trinajstić information content (AvgIpc) is 3.73. The number of aromatic nitrogens is 2. The topological polar surface area (TPSA) is 54.8 Å². The normalized spacial score (nSPS) is 11.9. The summed E-state index contributed by atoms with van der Waals surface area (Å²) in [5.74, 6) is 1.35. The van der Waals surface area contributed by atoms with Gasteiger partial charge >= 0.3 is 0 Å². The third-order valence-electron chi connectivity index (χ3n) is 10.1. The molecule has 0 amide bonds. The Morgan fingerprint density at radius 2 is 1.28 bits per heavy atom. The fourth-order valence-corrected chi connectivity index (χ4v) is 7.68. The smallest absolute Gasteiger partial charge is 0.149 e. The first kappa shape index (κ1) is 29.9. The first-order chi connectivity index (χ1) is 24.4. The van der Waals surface area contributed by atoms with Crippen LogP contribution in [0.4, 0.5) is 0 Å². The number of para-hydroxylation sites is 1. The summed E-state index contributed by atoms with van der Waals surface area (Å²) in [6, 6.07) is 47.0. The van der Waals surface area contributed by atoms with Gasteiger partial charge in [0, 0.05) is 21.5 Å². The summed E-state index contributed by atoms with van der Waals surface area (Å²) in [6.07, 6.45) is 0. The molecular weight excluding hydrogens is 611 g/mol. The molecule has 0 aliphatic heterocycles. The molecule has 240 valence electrons. The minimum absolute atomic E-state index is 0.248. The van der Waals surface area contributed by atoms with Crippen LogP contribution in [0.5, 0.6) is 0 Å². The molecule has 0 radical (unpaired) electrons. The van der Waals surface area contributed by atoms with Crippen molar-refractivity contribution >= 4 is 54.5 Å². The zero-order valence-electron chi connectivity index (χ0n) is 28.5. The summed E-state index contributed by atoms with van der Waals surface area (Å²) in [6.45, 7) is 9.16. The zero-order chi connectivity index (χ0) is 34.1. The minimum Gasteiger partial charge on any atom is -0.455 e.